The van der Waals surface area contributed by atoms with Gasteiger partial charge in [0.15, 0.2) is 0 Å². The van der Waals surface area contributed by atoms with Crippen LogP contribution in [0.1, 0.15) is 51.0 Å². The molecule has 0 saturated heterocycles. The molecule has 2 rings (SSSR count). The van der Waals surface area contributed by atoms with E-state index in [9.17, 15) is 8.42 Å². The smallest absolute Gasteiger partial charge is 0.225 e. The van der Waals surface area contributed by atoms with Crippen LogP contribution in [0.15, 0.2) is 53.4 Å². The first-order valence-corrected chi connectivity index (χ1v) is 10.3. The van der Waals surface area contributed by atoms with Crippen LogP contribution >= 0.6 is 0 Å². The molecule has 2 aromatic carbocycles. The van der Waals surface area contributed by atoms with Gasteiger partial charge in [-0.25, -0.2) is 13.6 Å². The molecule has 4 heteroatoms. The second kappa shape index (κ2) is 9.00. The molecule has 0 aromatic heterocycles. The van der Waals surface area contributed by atoms with Crippen LogP contribution in [-0.4, -0.2) is 8.42 Å². The lowest BCUT2D eigenvalue weighted by atomic mass is 10.0. The van der Waals surface area contributed by atoms with Gasteiger partial charge in [-0.1, -0.05) is 75.4 Å². The molecular weight excluding hydrogens is 318 g/mol. The zero-order valence-corrected chi connectivity index (χ0v) is 15.2. The molecule has 0 heterocycles. The highest BCUT2D eigenvalue weighted by Gasteiger charge is 2.07. The molecule has 0 unspecified atom stereocenters. The van der Waals surface area contributed by atoms with Crippen molar-refractivity contribution in [3.8, 4) is 11.1 Å². The highest BCUT2D eigenvalue weighted by Crippen LogP contribution is 2.22. The maximum Gasteiger partial charge on any atom is 0.238 e. The van der Waals surface area contributed by atoms with Crippen LogP contribution < -0.4 is 5.14 Å². The van der Waals surface area contributed by atoms with Crippen LogP contribution in [0.2, 0.25) is 0 Å². The fraction of sp³-hybridized carbons (Fsp3) is 0.400. The van der Waals surface area contributed by atoms with Crippen molar-refractivity contribution in [2.75, 3.05) is 0 Å². The number of benzene rings is 2. The van der Waals surface area contributed by atoms with Gasteiger partial charge < -0.3 is 0 Å². The van der Waals surface area contributed by atoms with Crippen molar-refractivity contribution in [3.63, 3.8) is 0 Å². The van der Waals surface area contributed by atoms with Crippen molar-refractivity contribution in [3.05, 3.63) is 54.1 Å². The lowest BCUT2D eigenvalue weighted by molar-refractivity contribution is 0.598. The number of aryl methyl sites for hydroxylation is 1. The predicted octanol–water partition coefficient (Wildman–Crippen LogP) is 4.90. The number of hydrogen-bond acceptors (Lipinski definition) is 2. The highest BCUT2D eigenvalue weighted by atomic mass is 32.2. The largest absolute Gasteiger partial charge is 0.238 e. The second-order valence-electron chi connectivity index (χ2n) is 6.28. The molecule has 0 saturated carbocycles. The van der Waals surface area contributed by atoms with Gasteiger partial charge in [0.25, 0.3) is 0 Å². The Morgan fingerprint density at radius 1 is 0.750 bits per heavy atom. The number of sulfonamides is 1. The quantitative estimate of drug-likeness (QED) is 0.657. The van der Waals surface area contributed by atoms with Gasteiger partial charge in [0, 0.05) is 0 Å². The van der Waals surface area contributed by atoms with Crippen LogP contribution in [0.5, 0.6) is 0 Å². The normalized spacial score (nSPS) is 11.6. The zero-order chi connectivity index (χ0) is 17.4. The third-order valence-corrected chi connectivity index (χ3v) is 5.22. The first-order chi connectivity index (χ1) is 11.5. The number of hydrogen-bond donors (Lipinski definition) is 1. The van der Waals surface area contributed by atoms with Gasteiger partial charge in [0.2, 0.25) is 10.0 Å². The average molecular weight is 346 g/mol. The Morgan fingerprint density at radius 3 is 1.79 bits per heavy atom. The first-order valence-electron chi connectivity index (χ1n) is 8.73. The average Bonchev–Trinajstić information content (AvgIpc) is 2.58. The summed E-state index contributed by atoms with van der Waals surface area (Å²) in [6.07, 6.45) is 8.99. The summed E-state index contributed by atoms with van der Waals surface area (Å²) in [5.41, 5.74) is 3.44. The standard InChI is InChI=1S/C20H27NO2S/c1-2-3-4-5-6-7-8-17-9-11-18(12-10-17)19-13-15-20(16-14-19)24(21,22)23/h9-16H,2-8H2,1H3,(H2,21,22,23). The molecule has 0 amide bonds. The van der Waals surface area contributed by atoms with Crippen molar-refractivity contribution >= 4 is 10.0 Å². The molecule has 0 radical (unpaired) electrons. The third kappa shape index (κ3) is 5.77. The van der Waals surface area contributed by atoms with E-state index in [1.165, 1.54) is 44.1 Å². The molecule has 0 aliphatic rings. The molecule has 0 aliphatic carbocycles. The molecular formula is C20H27NO2S. The van der Waals surface area contributed by atoms with Gasteiger partial charge in [0.05, 0.1) is 4.90 Å². The van der Waals surface area contributed by atoms with Crippen molar-refractivity contribution < 1.29 is 8.42 Å². The van der Waals surface area contributed by atoms with Crippen LogP contribution in [-0.2, 0) is 16.4 Å². The van der Waals surface area contributed by atoms with Gasteiger partial charge in [-0.15, -0.1) is 0 Å². The van der Waals surface area contributed by atoms with Gasteiger partial charge >= 0.3 is 0 Å². The summed E-state index contributed by atoms with van der Waals surface area (Å²) in [7, 11) is -3.63. The summed E-state index contributed by atoms with van der Waals surface area (Å²) in [6.45, 7) is 2.24. The van der Waals surface area contributed by atoms with Gasteiger partial charge in [0.1, 0.15) is 0 Å². The Labute approximate surface area is 146 Å². The molecule has 0 aliphatic heterocycles. The minimum Gasteiger partial charge on any atom is -0.225 e. The monoisotopic (exact) mass is 345 g/mol. The van der Waals surface area contributed by atoms with Crippen LogP contribution in [0.4, 0.5) is 0 Å². The van der Waals surface area contributed by atoms with E-state index in [-0.39, 0.29) is 4.90 Å². The molecule has 24 heavy (non-hydrogen) atoms. The van der Waals surface area contributed by atoms with Gasteiger partial charge in [-0.2, -0.15) is 0 Å². The number of nitrogens with two attached hydrogens (primary N) is 1. The summed E-state index contributed by atoms with van der Waals surface area (Å²) in [4.78, 5) is 0.144. The van der Waals surface area contributed by atoms with E-state index in [4.69, 9.17) is 5.14 Å². The van der Waals surface area contributed by atoms with Crippen LogP contribution in [0.25, 0.3) is 11.1 Å². The zero-order valence-electron chi connectivity index (χ0n) is 14.4. The Balaban J connectivity index is 1.90. The van der Waals surface area contributed by atoms with Crippen molar-refractivity contribution in [2.24, 2.45) is 5.14 Å². The molecule has 3 nitrogen and oxygen atoms in total. The predicted molar refractivity (Wildman–Crippen MR) is 100 cm³/mol. The molecule has 2 aromatic rings. The Morgan fingerprint density at radius 2 is 1.25 bits per heavy atom. The van der Waals surface area contributed by atoms with Crippen molar-refractivity contribution in [1.82, 2.24) is 0 Å². The lowest BCUT2D eigenvalue weighted by Gasteiger charge is -2.06. The molecule has 0 atom stereocenters. The van der Waals surface area contributed by atoms with E-state index < -0.39 is 10.0 Å². The maximum absolute atomic E-state index is 11.3. The Kier molecular flexibility index (Phi) is 7.00. The second-order valence-corrected chi connectivity index (χ2v) is 7.85. The lowest BCUT2D eigenvalue weighted by Crippen LogP contribution is -2.11. The van der Waals surface area contributed by atoms with E-state index in [0.717, 1.165) is 17.5 Å². The molecule has 0 spiro atoms. The number of primary sulfonamides is 1. The minimum absolute atomic E-state index is 0.144. The summed E-state index contributed by atoms with van der Waals surface area (Å²) < 4.78 is 22.6. The van der Waals surface area contributed by atoms with Crippen molar-refractivity contribution in [1.29, 1.82) is 0 Å². The third-order valence-electron chi connectivity index (χ3n) is 4.29. The van der Waals surface area contributed by atoms with E-state index in [0.29, 0.717) is 0 Å². The van der Waals surface area contributed by atoms with E-state index in [1.54, 1.807) is 24.3 Å². The topological polar surface area (TPSA) is 60.2 Å². The minimum atomic E-state index is -3.63. The Hall–Kier alpha value is -1.65. The molecule has 2 N–H and O–H groups in total. The molecule has 130 valence electrons. The van der Waals surface area contributed by atoms with Crippen LogP contribution in [0, 0.1) is 0 Å². The summed E-state index contributed by atoms with van der Waals surface area (Å²) in [5, 5.41) is 5.12. The summed E-state index contributed by atoms with van der Waals surface area (Å²) in [6, 6.07) is 15.2. The molecule has 0 bridgehead atoms. The summed E-state index contributed by atoms with van der Waals surface area (Å²) in [5.74, 6) is 0. The van der Waals surface area contributed by atoms with Gasteiger partial charge in [-0.3, -0.25) is 0 Å². The van der Waals surface area contributed by atoms with Gasteiger partial charge in [-0.05, 0) is 41.7 Å². The first kappa shape index (κ1) is 18.7. The SMILES string of the molecule is CCCCCCCCc1ccc(-c2ccc(S(N)(=O)=O)cc2)cc1. The fourth-order valence-corrected chi connectivity index (χ4v) is 3.33. The maximum atomic E-state index is 11.3. The fourth-order valence-electron chi connectivity index (χ4n) is 2.81. The van der Waals surface area contributed by atoms with E-state index in [1.807, 2.05) is 0 Å². The molecule has 0 fully saturated rings. The Bertz CT molecular complexity index is 719. The highest BCUT2D eigenvalue weighted by molar-refractivity contribution is 7.89. The number of unbranched alkanes of at least 4 members (excludes halogenated alkanes) is 5. The van der Waals surface area contributed by atoms with E-state index in [2.05, 4.69) is 31.2 Å². The van der Waals surface area contributed by atoms with E-state index >= 15 is 0 Å². The van der Waals surface area contributed by atoms with Crippen molar-refractivity contribution in [2.45, 2.75) is 56.8 Å². The number of rotatable bonds is 9. The van der Waals surface area contributed by atoms with Crippen LogP contribution in [0.3, 0.4) is 0 Å². The summed E-state index contributed by atoms with van der Waals surface area (Å²) >= 11 is 0.